The Morgan fingerprint density at radius 3 is 2.78 bits per heavy atom. The highest BCUT2D eigenvalue weighted by Crippen LogP contribution is 2.24. The second-order valence-electron chi connectivity index (χ2n) is 4.10. The summed E-state index contributed by atoms with van der Waals surface area (Å²) in [6, 6.07) is 6.87. The van der Waals surface area contributed by atoms with Crippen LogP contribution in [0.5, 0.6) is 0 Å². The van der Waals surface area contributed by atoms with Crippen molar-refractivity contribution >= 4 is 17.6 Å². The number of nitrogens with zero attached hydrogens (tertiary/aromatic N) is 3. The molecule has 0 aliphatic carbocycles. The third-order valence-electron chi connectivity index (χ3n) is 2.61. The molecule has 1 heterocycles. The molecule has 0 fully saturated rings. The average molecular weight is 243 g/mol. The molecule has 0 saturated heterocycles. The highest BCUT2D eigenvalue weighted by molar-refractivity contribution is 5.81. The lowest BCUT2D eigenvalue weighted by Gasteiger charge is -1.98. The first kappa shape index (κ1) is 12.0. The molecule has 2 aromatic rings. The molecule has 0 spiro atoms. The van der Waals surface area contributed by atoms with E-state index in [0.29, 0.717) is 11.3 Å². The van der Waals surface area contributed by atoms with Crippen LogP contribution in [0.4, 0.5) is 11.4 Å². The molecule has 1 aromatic heterocycles. The number of aliphatic imine (C=N–C) groups is 1. The van der Waals surface area contributed by atoms with Crippen LogP contribution in [-0.4, -0.2) is 15.7 Å². The van der Waals surface area contributed by atoms with E-state index in [9.17, 15) is 10.1 Å². The Bertz CT molecular complexity index is 614. The summed E-state index contributed by atoms with van der Waals surface area (Å²) in [5, 5.41) is 10.8. The Morgan fingerprint density at radius 1 is 1.39 bits per heavy atom. The number of hydrogen-bond donors (Lipinski definition) is 0. The van der Waals surface area contributed by atoms with Crippen LogP contribution in [0.3, 0.4) is 0 Å². The fraction of sp³-hybridized carbons (Fsp3) is 0.154. The Hall–Kier alpha value is -2.43. The number of nitro groups is 1. The van der Waals surface area contributed by atoms with Gasteiger partial charge in [-0.3, -0.25) is 15.1 Å². The molecule has 1 aromatic carbocycles. The number of nitro benzene ring substituents is 1. The van der Waals surface area contributed by atoms with Crippen LogP contribution < -0.4 is 0 Å². The van der Waals surface area contributed by atoms with Crippen molar-refractivity contribution in [3.63, 3.8) is 0 Å². The first-order valence-corrected chi connectivity index (χ1v) is 5.47. The maximum Gasteiger partial charge on any atom is 0.274 e. The lowest BCUT2D eigenvalue weighted by Crippen LogP contribution is -1.90. The van der Waals surface area contributed by atoms with Crippen LogP contribution in [0.1, 0.15) is 11.1 Å². The summed E-state index contributed by atoms with van der Waals surface area (Å²) in [6.45, 7) is 1.71. The molecule has 2 rings (SSSR count). The molecule has 18 heavy (non-hydrogen) atoms. The smallest absolute Gasteiger partial charge is 0.274 e. The predicted molar refractivity (Wildman–Crippen MR) is 70.5 cm³/mol. The molecule has 0 atom stereocenters. The highest BCUT2D eigenvalue weighted by atomic mass is 16.6. The molecule has 0 aliphatic rings. The van der Waals surface area contributed by atoms with E-state index in [2.05, 4.69) is 4.99 Å². The van der Waals surface area contributed by atoms with E-state index in [4.69, 9.17) is 0 Å². The highest BCUT2D eigenvalue weighted by Gasteiger charge is 2.10. The molecule has 0 amide bonds. The van der Waals surface area contributed by atoms with Crippen molar-refractivity contribution in [3.8, 4) is 0 Å². The summed E-state index contributed by atoms with van der Waals surface area (Å²) in [7, 11) is 1.92. The second-order valence-corrected chi connectivity index (χ2v) is 4.10. The molecular formula is C13H13N3O2. The van der Waals surface area contributed by atoms with Crippen molar-refractivity contribution in [1.82, 2.24) is 4.57 Å². The van der Waals surface area contributed by atoms with Gasteiger partial charge in [0.05, 0.1) is 10.6 Å². The summed E-state index contributed by atoms with van der Waals surface area (Å²) in [5.74, 6) is 0. The fourth-order valence-corrected chi connectivity index (χ4v) is 1.63. The molecule has 5 heteroatoms. The van der Waals surface area contributed by atoms with Gasteiger partial charge in [-0.1, -0.05) is 6.07 Å². The molecule has 5 nitrogen and oxygen atoms in total. The van der Waals surface area contributed by atoms with Gasteiger partial charge in [0.2, 0.25) is 0 Å². The first-order valence-electron chi connectivity index (χ1n) is 5.47. The van der Waals surface area contributed by atoms with Gasteiger partial charge in [0, 0.05) is 42.8 Å². The molecule has 0 radical (unpaired) electrons. The largest absolute Gasteiger partial charge is 0.357 e. The monoisotopic (exact) mass is 243 g/mol. The fourth-order valence-electron chi connectivity index (χ4n) is 1.63. The average Bonchev–Trinajstić information content (AvgIpc) is 2.74. The van der Waals surface area contributed by atoms with Crippen LogP contribution in [0.25, 0.3) is 0 Å². The van der Waals surface area contributed by atoms with E-state index in [0.717, 1.165) is 5.56 Å². The van der Waals surface area contributed by atoms with Gasteiger partial charge in [-0.25, -0.2) is 0 Å². The number of hydrogen-bond acceptors (Lipinski definition) is 3. The molecular weight excluding hydrogens is 230 g/mol. The predicted octanol–water partition coefficient (Wildman–Crippen LogP) is 2.99. The molecule has 0 unspecified atom stereocenters. The third kappa shape index (κ3) is 2.63. The Kier molecular flexibility index (Phi) is 3.23. The van der Waals surface area contributed by atoms with E-state index in [1.165, 1.54) is 6.07 Å². The summed E-state index contributed by atoms with van der Waals surface area (Å²) in [5.41, 5.74) is 2.27. The topological polar surface area (TPSA) is 60.4 Å². The van der Waals surface area contributed by atoms with E-state index in [1.807, 2.05) is 30.1 Å². The lowest BCUT2D eigenvalue weighted by atomic mass is 10.2. The maximum atomic E-state index is 10.8. The molecule has 0 N–H and O–H groups in total. The Balaban J connectivity index is 2.27. The van der Waals surface area contributed by atoms with Crippen molar-refractivity contribution in [2.24, 2.45) is 12.0 Å². The zero-order chi connectivity index (χ0) is 13.1. The van der Waals surface area contributed by atoms with Crippen LogP contribution in [0.15, 0.2) is 41.7 Å². The molecule has 0 bridgehead atoms. The Labute approximate surface area is 105 Å². The summed E-state index contributed by atoms with van der Waals surface area (Å²) < 4.78 is 1.92. The van der Waals surface area contributed by atoms with Crippen LogP contribution >= 0.6 is 0 Å². The zero-order valence-electron chi connectivity index (χ0n) is 10.2. The van der Waals surface area contributed by atoms with Gasteiger partial charge in [-0.15, -0.1) is 0 Å². The lowest BCUT2D eigenvalue weighted by molar-refractivity contribution is -0.385. The van der Waals surface area contributed by atoms with Gasteiger partial charge in [-0.05, 0) is 19.1 Å². The minimum absolute atomic E-state index is 0.0951. The van der Waals surface area contributed by atoms with Gasteiger partial charge in [0.15, 0.2) is 0 Å². The summed E-state index contributed by atoms with van der Waals surface area (Å²) in [4.78, 5) is 14.6. The van der Waals surface area contributed by atoms with Gasteiger partial charge >= 0.3 is 0 Å². The zero-order valence-corrected chi connectivity index (χ0v) is 10.2. The summed E-state index contributed by atoms with van der Waals surface area (Å²) >= 11 is 0. The minimum atomic E-state index is -0.392. The van der Waals surface area contributed by atoms with Gasteiger partial charge in [-0.2, -0.15) is 0 Å². The number of rotatable bonds is 3. The quantitative estimate of drug-likeness (QED) is 0.472. The standard InChI is InChI=1S/C13H13N3O2/c1-10-3-4-12(7-13(10)16(17)18)14-8-11-5-6-15(2)9-11/h3-9H,1-2H3. The van der Waals surface area contributed by atoms with E-state index >= 15 is 0 Å². The SMILES string of the molecule is Cc1ccc(N=Cc2ccn(C)c2)cc1[N+](=O)[O-]. The summed E-state index contributed by atoms with van der Waals surface area (Å²) in [6.07, 6.45) is 5.53. The van der Waals surface area contributed by atoms with Crippen molar-refractivity contribution in [2.45, 2.75) is 6.92 Å². The molecule has 0 aliphatic heterocycles. The minimum Gasteiger partial charge on any atom is -0.357 e. The van der Waals surface area contributed by atoms with Crippen molar-refractivity contribution < 1.29 is 4.92 Å². The Morgan fingerprint density at radius 2 is 2.17 bits per heavy atom. The molecule has 0 saturated carbocycles. The van der Waals surface area contributed by atoms with Gasteiger partial charge < -0.3 is 4.57 Å². The van der Waals surface area contributed by atoms with E-state index < -0.39 is 4.92 Å². The van der Waals surface area contributed by atoms with Crippen molar-refractivity contribution in [2.75, 3.05) is 0 Å². The van der Waals surface area contributed by atoms with Gasteiger partial charge in [0.1, 0.15) is 0 Å². The normalized spacial score (nSPS) is 11.0. The van der Waals surface area contributed by atoms with Gasteiger partial charge in [0.25, 0.3) is 5.69 Å². The number of aryl methyl sites for hydroxylation is 2. The van der Waals surface area contributed by atoms with Crippen molar-refractivity contribution in [1.29, 1.82) is 0 Å². The van der Waals surface area contributed by atoms with Crippen molar-refractivity contribution in [3.05, 3.63) is 57.9 Å². The number of aromatic nitrogens is 1. The maximum absolute atomic E-state index is 10.8. The van der Waals surface area contributed by atoms with Crippen LogP contribution in [-0.2, 0) is 7.05 Å². The van der Waals surface area contributed by atoms with Crippen LogP contribution in [0.2, 0.25) is 0 Å². The second kappa shape index (κ2) is 4.83. The first-order chi connectivity index (χ1) is 8.56. The van der Waals surface area contributed by atoms with E-state index in [-0.39, 0.29) is 5.69 Å². The number of benzene rings is 1. The van der Waals surface area contributed by atoms with E-state index in [1.54, 1.807) is 25.3 Å². The third-order valence-corrected chi connectivity index (χ3v) is 2.61. The van der Waals surface area contributed by atoms with Crippen LogP contribution in [0, 0.1) is 17.0 Å². The molecule has 92 valence electrons.